The minimum absolute atomic E-state index is 0. The summed E-state index contributed by atoms with van der Waals surface area (Å²) in [7, 11) is 1.55. The highest BCUT2D eigenvalue weighted by Gasteiger charge is 2.13. The van der Waals surface area contributed by atoms with Crippen LogP contribution in [-0.2, 0) is 0 Å². The summed E-state index contributed by atoms with van der Waals surface area (Å²) in [6, 6.07) is 5.07. The van der Waals surface area contributed by atoms with Gasteiger partial charge in [-0.1, -0.05) is 11.6 Å². The number of hydrogen-bond donors (Lipinski definition) is 1. The van der Waals surface area contributed by atoms with Gasteiger partial charge in [0.25, 0.3) is 5.91 Å². The number of rotatable bonds is 7. The van der Waals surface area contributed by atoms with Crippen molar-refractivity contribution < 1.29 is 9.53 Å². The Morgan fingerprint density at radius 3 is 2.73 bits per heavy atom. The van der Waals surface area contributed by atoms with Crippen molar-refractivity contribution in [3.63, 3.8) is 0 Å². The molecule has 1 amide bonds. The van der Waals surface area contributed by atoms with Gasteiger partial charge in [-0.15, -0.1) is 12.4 Å². The van der Waals surface area contributed by atoms with Crippen LogP contribution in [0.4, 0.5) is 0 Å². The lowest BCUT2D eigenvalue weighted by atomic mass is 10.2. The van der Waals surface area contributed by atoms with Crippen LogP contribution in [0.5, 0.6) is 5.75 Å². The first-order chi connectivity index (χ1) is 10.2. The van der Waals surface area contributed by atoms with Crippen LogP contribution >= 0.6 is 24.0 Å². The fourth-order valence-electron chi connectivity index (χ4n) is 2.62. The van der Waals surface area contributed by atoms with Crippen molar-refractivity contribution >= 4 is 29.9 Å². The maximum absolute atomic E-state index is 12.1. The summed E-state index contributed by atoms with van der Waals surface area (Å²) in [5.41, 5.74) is 0.490. The largest absolute Gasteiger partial charge is 0.496 e. The number of unbranched alkanes of at least 4 members (excludes halogenated alkanes) is 1. The van der Waals surface area contributed by atoms with Gasteiger partial charge in [-0.25, -0.2) is 0 Å². The van der Waals surface area contributed by atoms with Crippen LogP contribution in [0.3, 0.4) is 0 Å². The standard InChI is InChI=1S/C16H23ClN2O2.ClH/c1-21-15-7-6-13(17)12-14(15)16(20)18-8-2-3-9-19-10-4-5-11-19;/h6-7,12H,2-5,8-11H2,1H3,(H,18,20);1H. The molecular weight excluding hydrogens is 323 g/mol. The predicted octanol–water partition coefficient (Wildman–Crippen LogP) is 3.38. The Morgan fingerprint density at radius 2 is 2.05 bits per heavy atom. The maximum Gasteiger partial charge on any atom is 0.255 e. The molecule has 1 aliphatic heterocycles. The summed E-state index contributed by atoms with van der Waals surface area (Å²) >= 11 is 5.93. The average Bonchev–Trinajstić information content (AvgIpc) is 3.00. The van der Waals surface area contributed by atoms with Crippen LogP contribution in [0, 0.1) is 0 Å². The minimum Gasteiger partial charge on any atom is -0.496 e. The van der Waals surface area contributed by atoms with E-state index in [-0.39, 0.29) is 18.3 Å². The number of hydrogen-bond acceptors (Lipinski definition) is 3. The third-order valence-electron chi connectivity index (χ3n) is 3.79. The van der Waals surface area contributed by atoms with E-state index in [4.69, 9.17) is 16.3 Å². The lowest BCUT2D eigenvalue weighted by Crippen LogP contribution is -2.26. The van der Waals surface area contributed by atoms with Crippen molar-refractivity contribution in [1.82, 2.24) is 10.2 Å². The predicted molar refractivity (Wildman–Crippen MR) is 92.5 cm³/mol. The number of nitrogens with one attached hydrogen (secondary N) is 1. The Bertz CT molecular complexity index is 477. The smallest absolute Gasteiger partial charge is 0.255 e. The molecule has 6 heteroatoms. The Morgan fingerprint density at radius 1 is 1.32 bits per heavy atom. The third kappa shape index (κ3) is 5.67. The van der Waals surface area contributed by atoms with Gasteiger partial charge >= 0.3 is 0 Å². The molecule has 1 aromatic rings. The van der Waals surface area contributed by atoms with Gasteiger partial charge in [-0.3, -0.25) is 4.79 Å². The number of amides is 1. The second kappa shape index (κ2) is 9.93. The average molecular weight is 347 g/mol. The molecule has 2 rings (SSSR count). The monoisotopic (exact) mass is 346 g/mol. The molecule has 0 spiro atoms. The Hall–Kier alpha value is -0.970. The van der Waals surface area contributed by atoms with Gasteiger partial charge < -0.3 is 15.0 Å². The molecule has 1 N–H and O–H groups in total. The van der Waals surface area contributed by atoms with E-state index in [2.05, 4.69) is 10.2 Å². The van der Waals surface area contributed by atoms with E-state index in [9.17, 15) is 4.79 Å². The van der Waals surface area contributed by atoms with Gasteiger partial charge in [0.1, 0.15) is 5.75 Å². The summed E-state index contributed by atoms with van der Waals surface area (Å²) in [6.07, 6.45) is 4.76. The first-order valence-corrected chi connectivity index (χ1v) is 7.92. The Balaban J connectivity index is 0.00000242. The zero-order valence-electron chi connectivity index (χ0n) is 12.9. The van der Waals surface area contributed by atoms with Gasteiger partial charge in [-0.2, -0.15) is 0 Å². The second-order valence-electron chi connectivity index (χ2n) is 5.36. The summed E-state index contributed by atoms with van der Waals surface area (Å²) in [4.78, 5) is 14.6. The maximum atomic E-state index is 12.1. The molecule has 0 aliphatic carbocycles. The molecule has 1 saturated heterocycles. The van der Waals surface area contributed by atoms with Crippen molar-refractivity contribution in [2.24, 2.45) is 0 Å². The number of methoxy groups -OCH3 is 1. The zero-order chi connectivity index (χ0) is 15.1. The van der Waals surface area contributed by atoms with E-state index in [1.54, 1.807) is 25.3 Å². The fraction of sp³-hybridized carbons (Fsp3) is 0.562. The Labute approximate surface area is 143 Å². The van der Waals surface area contributed by atoms with Gasteiger partial charge in [0.05, 0.1) is 12.7 Å². The van der Waals surface area contributed by atoms with E-state index in [1.807, 2.05) is 0 Å². The molecule has 1 aliphatic rings. The molecule has 4 nitrogen and oxygen atoms in total. The van der Waals surface area contributed by atoms with E-state index < -0.39 is 0 Å². The molecule has 1 fully saturated rings. The lowest BCUT2D eigenvalue weighted by Gasteiger charge is -2.14. The van der Waals surface area contributed by atoms with Crippen molar-refractivity contribution in [3.8, 4) is 5.75 Å². The SMILES string of the molecule is COc1ccc(Cl)cc1C(=O)NCCCCN1CCCC1.Cl. The minimum atomic E-state index is -0.129. The number of nitrogens with zero attached hydrogens (tertiary/aromatic N) is 1. The number of benzene rings is 1. The Kier molecular flexibility index (Phi) is 8.61. The molecule has 0 atom stereocenters. The third-order valence-corrected chi connectivity index (χ3v) is 4.03. The molecular formula is C16H24Cl2N2O2. The van der Waals surface area contributed by atoms with E-state index in [0.717, 1.165) is 19.4 Å². The normalized spacial score (nSPS) is 14.5. The van der Waals surface area contributed by atoms with Crippen LogP contribution in [0.1, 0.15) is 36.0 Å². The quantitative estimate of drug-likeness (QED) is 0.769. The second-order valence-corrected chi connectivity index (χ2v) is 5.79. The topological polar surface area (TPSA) is 41.6 Å². The van der Waals surface area contributed by atoms with Crippen molar-refractivity contribution in [2.75, 3.05) is 33.3 Å². The van der Waals surface area contributed by atoms with Gasteiger partial charge in [0.15, 0.2) is 0 Å². The van der Waals surface area contributed by atoms with Crippen LogP contribution in [0.15, 0.2) is 18.2 Å². The molecule has 0 bridgehead atoms. The highest BCUT2D eigenvalue weighted by atomic mass is 35.5. The lowest BCUT2D eigenvalue weighted by molar-refractivity contribution is 0.0949. The highest BCUT2D eigenvalue weighted by Crippen LogP contribution is 2.22. The summed E-state index contributed by atoms with van der Waals surface area (Å²) in [5.74, 6) is 0.421. The zero-order valence-corrected chi connectivity index (χ0v) is 14.5. The number of carbonyl (C=O) groups is 1. The molecule has 1 aromatic carbocycles. The molecule has 0 saturated carbocycles. The van der Waals surface area contributed by atoms with E-state index in [0.29, 0.717) is 22.9 Å². The summed E-state index contributed by atoms with van der Waals surface area (Å²) in [5, 5.41) is 3.47. The van der Waals surface area contributed by atoms with Crippen LogP contribution in [-0.4, -0.2) is 44.1 Å². The first-order valence-electron chi connectivity index (χ1n) is 7.55. The molecule has 124 valence electrons. The highest BCUT2D eigenvalue weighted by molar-refractivity contribution is 6.31. The number of halogens is 2. The number of ether oxygens (including phenoxy) is 1. The molecule has 0 radical (unpaired) electrons. The van der Waals surface area contributed by atoms with Gasteiger partial charge in [0.2, 0.25) is 0 Å². The van der Waals surface area contributed by atoms with Crippen molar-refractivity contribution in [2.45, 2.75) is 25.7 Å². The first kappa shape index (κ1) is 19.1. The molecule has 1 heterocycles. The summed E-state index contributed by atoms with van der Waals surface area (Å²) in [6.45, 7) is 4.27. The van der Waals surface area contributed by atoms with Gasteiger partial charge in [0, 0.05) is 11.6 Å². The van der Waals surface area contributed by atoms with Crippen LogP contribution in [0.2, 0.25) is 5.02 Å². The molecule has 0 unspecified atom stereocenters. The number of likely N-dealkylation sites (tertiary alicyclic amines) is 1. The van der Waals surface area contributed by atoms with Crippen LogP contribution in [0.25, 0.3) is 0 Å². The van der Waals surface area contributed by atoms with Gasteiger partial charge in [-0.05, 0) is 63.5 Å². The number of carbonyl (C=O) groups excluding carboxylic acids is 1. The fourth-order valence-corrected chi connectivity index (χ4v) is 2.79. The van der Waals surface area contributed by atoms with E-state index in [1.165, 1.54) is 25.9 Å². The van der Waals surface area contributed by atoms with Crippen LogP contribution < -0.4 is 10.1 Å². The summed E-state index contributed by atoms with van der Waals surface area (Å²) < 4.78 is 5.19. The van der Waals surface area contributed by atoms with E-state index >= 15 is 0 Å². The van der Waals surface area contributed by atoms with Crippen molar-refractivity contribution in [3.05, 3.63) is 28.8 Å². The molecule has 22 heavy (non-hydrogen) atoms. The van der Waals surface area contributed by atoms with Crippen molar-refractivity contribution in [1.29, 1.82) is 0 Å². The molecule has 0 aromatic heterocycles.